The first-order valence-electron chi connectivity index (χ1n) is 19.1. The molecule has 0 aromatic rings. The Balaban J connectivity index is 3.45. The number of aliphatic hydroxyl groups excluding tert-OH is 1. The number of unbranched alkanes of at least 4 members (excludes halogenated alkanes) is 27. The molecule has 0 radical (unpaired) electrons. The molecule has 0 saturated carbocycles. The molecular formula is C38H74O5. The zero-order valence-electron chi connectivity index (χ0n) is 29.0. The fraction of sp³-hybridized carbons (Fsp3) is 0.947. The first-order chi connectivity index (χ1) is 21.1. The lowest BCUT2D eigenvalue weighted by Crippen LogP contribution is -2.28. The molecule has 0 heterocycles. The van der Waals surface area contributed by atoms with Gasteiger partial charge in [-0.3, -0.25) is 9.59 Å². The van der Waals surface area contributed by atoms with Crippen LogP contribution in [0.3, 0.4) is 0 Å². The Hall–Kier alpha value is -1.10. The van der Waals surface area contributed by atoms with Crippen LogP contribution in [0.15, 0.2) is 0 Å². The van der Waals surface area contributed by atoms with Crippen molar-refractivity contribution in [1.82, 2.24) is 0 Å². The summed E-state index contributed by atoms with van der Waals surface area (Å²) in [6, 6.07) is 0. The molecule has 1 atom stereocenters. The van der Waals surface area contributed by atoms with E-state index in [0.29, 0.717) is 12.8 Å². The van der Waals surface area contributed by atoms with E-state index in [1.165, 1.54) is 148 Å². The van der Waals surface area contributed by atoms with Crippen molar-refractivity contribution in [1.29, 1.82) is 0 Å². The third-order valence-corrected chi connectivity index (χ3v) is 8.65. The standard InChI is InChI=1S/C38H74O5/c1-3-5-7-9-11-13-14-15-16-17-18-19-20-21-22-23-25-27-29-31-33-38(41)43-36(34-39)35-42-37(40)32-30-28-26-24-12-10-8-6-4-2/h36,39H,3-35H2,1-2H3. The molecule has 0 aliphatic carbocycles. The van der Waals surface area contributed by atoms with Crippen LogP contribution in [0.5, 0.6) is 0 Å². The molecule has 0 rings (SSSR count). The molecule has 5 nitrogen and oxygen atoms in total. The molecule has 0 bridgehead atoms. The molecule has 1 N–H and O–H groups in total. The molecule has 1 unspecified atom stereocenters. The largest absolute Gasteiger partial charge is 0.462 e. The van der Waals surface area contributed by atoms with Crippen LogP contribution in [0, 0.1) is 0 Å². The van der Waals surface area contributed by atoms with Gasteiger partial charge in [0.1, 0.15) is 6.61 Å². The maximum absolute atomic E-state index is 12.1. The van der Waals surface area contributed by atoms with E-state index in [9.17, 15) is 14.7 Å². The third-order valence-electron chi connectivity index (χ3n) is 8.65. The van der Waals surface area contributed by atoms with Gasteiger partial charge in [-0.25, -0.2) is 0 Å². The van der Waals surface area contributed by atoms with E-state index in [0.717, 1.165) is 38.5 Å². The predicted octanol–water partition coefficient (Wildman–Crippen LogP) is 11.6. The van der Waals surface area contributed by atoms with Crippen LogP contribution in [-0.4, -0.2) is 36.4 Å². The number of esters is 2. The molecule has 0 aliphatic heterocycles. The van der Waals surface area contributed by atoms with E-state index in [1.54, 1.807) is 0 Å². The number of ether oxygens (including phenoxy) is 2. The number of aliphatic hydroxyl groups is 1. The van der Waals surface area contributed by atoms with Gasteiger partial charge < -0.3 is 14.6 Å². The van der Waals surface area contributed by atoms with Gasteiger partial charge in [0.15, 0.2) is 6.10 Å². The summed E-state index contributed by atoms with van der Waals surface area (Å²) >= 11 is 0. The highest BCUT2D eigenvalue weighted by Crippen LogP contribution is 2.16. The quantitative estimate of drug-likeness (QED) is 0.0571. The Morgan fingerprint density at radius 2 is 0.721 bits per heavy atom. The second-order valence-electron chi connectivity index (χ2n) is 13.0. The monoisotopic (exact) mass is 611 g/mol. The summed E-state index contributed by atoms with van der Waals surface area (Å²) in [6.07, 6.45) is 37.4. The molecule has 0 amide bonds. The van der Waals surface area contributed by atoms with Gasteiger partial charge in [0, 0.05) is 12.8 Å². The first kappa shape index (κ1) is 41.9. The number of hydrogen-bond donors (Lipinski definition) is 1. The van der Waals surface area contributed by atoms with Gasteiger partial charge >= 0.3 is 11.9 Å². The highest BCUT2D eigenvalue weighted by molar-refractivity contribution is 5.70. The summed E-state index contributed by atoms with van der Waals surface area (Å²) in [5, 5.41) is 9.51. The minimum Gasteiger partial charge on any atom is -0.462 e. The molecule has 0 aromatic heterocycles. The van der Waals surface area contributed by atoms with Crippen molar-refractivity contribution in [3.05, 3.63) is 0 Å². The summed E-state index contributed by atoms with van der Waals surface area (Å²) in [5.41, 5.74) is 0. The average molecular weight is 611 g/mol. The van der Waals surface area contributed by atoms with Crippen molar-refractivity contribution < 1.29 is 24.2 Å². The topological polar surface area (TPSA) is 72.8 Å². The van der Waals surface area contributed by atoms with Crippen molar-refractivity contribution >= 4 is 11.9 Å². The van der Waals surface area contributed by atoms with Gasteiger partial charge in [-0.05, 0) is 12.8 Å². The smallest absolute Gasteiger partial charge is 0.306 e. The lowest BCUT2D eigenvalue weighted by atomic mass is 10.0. The maximum atomic E-state index is 12.1. The van der Waals surface area contributed by atoms with Crippen LogP contribution < -0.4 is 0 Å². The van der Waals surface area contributed by atoms with E-state index in [4.69, 9.17) is 9.47 Å². The highest BCUT2D eigenvalue weighted by atomic mass is 16.6. The zero-order chi connectivity index (χ0) is 31.5. The van der Waals surface area contributed by atoms with Crippen LogP contribution >= 0.6 is 0 Å². The number of hydrogen-bond acceptors (Lipinski definition) is 5. The van der Waals surface area contributed by atoms with E-state index < -0.39 is 6.10 Å². The SMILES string of the molecule is CCCCCCCCCCCCCCCCCCCCCCC(=O)OC(CO)COC(=O)CCCCCCCCCCC. The lowest BCUT2D eigenvalue weighted by molar-refractivity contribution is -0.161. The molecule has 5 heteroatoms. The number of carbonyl (C=O) groups excluding carboxylic acids is 2. The summed E-state index contributed by atoms with van der Waals surface area (Å²) in [6.45, 7) is 4.13. The molecule has 43 heavy (non-hydrogen) atoms. The summed E-state index contributed by atoms with van der Waals surface area (Å²) < 4.78 is 10.6. The summed E-state index contributed by atoms with van der Waals surface area (Å²) in [7, 11) is 0. The molecule has 0 spiro atoms. The van der Waals surface area contributed by atoms with Crippen molar-refractivity contribution in [3.63, 3.8) is 0 Å². The van der Waals surface area contributed by atoms with E-state index in [1.807, 2.05) is 0 Å². The van der Waals surface area contributed by atoms with Crippen LogP contribution in [0.1, 0.15) is 213 Å². The minimum atomic E-state index is -0.760. The Bertz CT molecular complexity index is 579. The van der Waals surface area contributed by atoms with Crippen molar-refractivity contribution in [3.8, 4) is 0 Å². The van der Waals surface area contributed by atoms with Gasteiger partial charge in [0.2, 0.25) is 0 Å². The van der Waals surface area contributed by atoms with E-state index in [2.05, 4.69) is 13.8 Å². The van der Waals surface area contributed by atoms with Crippen molar-refractivity contribution in [2.45, 2.75) is 219 Å². The maximum Gasteiger partial charge on any atom is 0.306 e. The van der Waals surface area contributed by atoms with E-state index in [-0.39, 0.29) is 25.2 Å². The van der Waals surface area contributed by atoms with E-state index >= 15 is 0 Å². The molecule has 0 fully saturated rings. The van der Waals surface area contributed by atoms with Gasteiger partial charge in [0.05, 0.1) is 6.61 Å². The predicted molar refractivity (Wildman–Crippen MR) is 182 cm³/mol. The van der Waals surface area contributed by atoms with Crippen molar-refractivity contribution in [2.75, 3.05) is 13.2 Å². The summed E-state index contributed by atoms with van der Waals surface area (Å²) in [5.74, 6) is -0.581. The zero-order valence-corrected chi connectivity index (χ0v) is 29.0. The first-order valence-corrected chi connectivity index (χ1v) is 19.1. The van der Waals surface area contributed by atoms with Gasteiger partial charge in [-0.2, -0.15) is 0 Å². The summed E-state index contributed by atoms with van der Waals surface area (Å²) in [4.78, 5) is 24.1. The van der Waals surface area contributed by atoms with Gasteiger partial charge in [0.25, 0.3) is 0 Å². The van der Waals surface area contributed by atoms with Crippen LogP contribution in [0.25, 0.3) is 0 Å². The van der Waals surface area contributed by atoms with Crippen LogP contribution in [0.2, 0.25) is 0 Å². The number of rotatable bonds is 35. The Labute approximate surface area is 268 Å². The lowest BCUT2D eigenvalue weighted by Gasteiger charge is -2.15. The fourth-order valence-electron chi connectivity index (χ4n) is 5.73. The minimum absolute atomic E-state index is 0.0578. The van der Waals surface area contributed by atoms with Gasteiger partial charge in [-0.15, -0.1) is 0 Å². The normalized spacial score (nSPS) is 12.0. The molecule has 0 saturated heterocycles. The van der Waals surface area contributed by atoms with Crippen LogP contribution in [0.4, 0.5) is 0 Å². The molecule has 256 valence electrons. The van der Waals surface area contributed by atoms with Gasteiger partial charge in [-0.1, -0.05) is 187 Å². The Kier molecular flexibility index (Phi) is 34.5. The number of carbonyl (C=O) groups is 2. The highest BCUT2D eigenvalue weighted by Gasteiger charge is 2.16. The van der Waals surface area contributed by atoms with Crippen molar-refractivity contribution in [2.24, 2.45) is 0 Å². The Morgan fingerprint density at radius 1 is 0.442 bits per heavy atom. The third kappa shape index (κ3) is 33.6. The molecule has 0 aromatic carbocycles. The Morgan fingerprint density at radius 3 is 1.02 bits per heavy atom. The average Bonchev–Trinajstić information content (AvgIpc) is 3.01. The fourth-order valence-corrected chi connectivity index (χ4v) is 5.73. The molecular weight excluding hydrogens is 536 g/mol. The second-order valence-corrected chi connectivity index (χ2v) is 13.0. The molecule has 0 aliphatic rings. The second kappa shape index (κ2) is 35.4. The van der Waals surface area contributed by atoms with Crippen LogP contribution in [-0.2, 0) is 19.1 Å².